The fourth-order valence-corrected chi connectivity index (χ4v) is 9.54. The lowest BCUT2D eigenvalue weighted by atomic mass is 9.69. The Morgan fingerprint density at radius 1 is 0.986 bits per heavy atom. The van der Waals surface area contributed by atoms with Gasteiger partial charge in [-0.2, -0.15) is 0 Å². The lowest BCUT2D eigenvalue weighted by molar-refractivity contribution is -0.137. The van der Waals surface area contributed by atoms with Crippen molar-refractivity contribution in [1.29, 1.82) is 0 Å². The first kappa shape index (κ1) is 51.7. The Morgan fingerprint density at radius 2 is 1.76 bits per heavy atom. The van der Waals surface area contributed by atoms with Crippen LogP contribution in [0.1, 0.15) is 107 Å². The fraction of sp³-hybridized carbons (Fsp3) is 0.480. The van der Waals surface area contributed by atoms with E-state index in [2.05, 4.69) is 26.3 Å². The number of aromatic nitrogens is 2. The second kappa shape index (κ2) is 23.6. The number of rotatable bonds is 21. The quantitative estimate of drug-likeness (QED) is 0.0463. The van der Waals surface area contributed by atoms with Gasteiger partial charge in [0.1, 0.15) is 17.5 Å². The second-order valence-electron chi connectivity index (χ2n) is 18.7. The summed E-state index contributed by atoms with van der Waals surface area (Å²) in [6.07, 6.45) is 5.49. The Hall–Kier alpha value is -6.18. The maximum atomic E-state index is 14.7. The van der Waals surface area contributed by atoms with E-state index >= 15 is 0 Å². The molecule has 1 atom stereocenters. The average molecular weight is 1000 g/mol. The molecule has 17 nitrogen and oxygen atoms in total. The van der Waals surface area contributed by atoms with Crippen molar-refractivity contribution < 1.29 is 47.4 Å². The standard InChI is InChI=1S/C50H60ClFN8O9S/c1-49(2,3)69-48(66)59(26-20-42(62)56-37-13-7-11-34-35(37)31-60(45(34)64)38-16-17-41(61)58-44(38)63)25-9-28-67-27-5-4-23-53-46(65)50(30-32-10-6-15-40(55-32)57-47-54-24-29-70-47)21-18-33(19-22-50)68-39-14-8-12-36(51)43(39)52/h6-8,10-15,24,29,33,38H,4-5,9,16-23,25-28,30-31H2,1-3H3,(H,53,65)(H,56,62)(H,54,55,57)(H,58,61,63)/t33-,38?,50-. The molecule has 1 aliphatic carbocycles. The Balaban J connectivity index is 0.860. The number of nitrogens with one attached hydrogen (secondary N) is 4. The molecule has 3 aliphatic rings. The number of imide groups is 1. The zero-order chi connectivity index (χ0) is 49.8. The van der Waals surface area contributed by atoms with Gasteiger partial charge >= 0.3 is 6.09 Å². The van der Waals surface area contributed by atoms with Gasteiger partial charge in [-0.3, -0.25) is 29.3 Å². The molecule has 1 saturated carbocycles. The Morgan fingerprint density at radius 3 is 2.51 bits per heavy atom. The van der Waals surface area contributed by atoms with Crippen LogP contribution >= 0.6 is 22.9 Å². The van der Waals surface area contributed by atoms with Crippen LogP contribution in [0, 0.1) is 11.2 Å². The molecule has 0 spiro atoms. The molecule has 7 rings (SSSR count). The molecule has 2 aromatic carbocycles. The number of thiazole rings is 1. The normalized spacial score (nSPS) is 19.0. The number of unbranched alkanes of at least 4 members (excludes halogenated alkanes) is 1. The van der Waals surface area contributed by atoms with Crippen molar-refractivity contribution in [2.45, 2.75) is 116 Å². The number of halogens is 2. The summed E-state index contributed by atoms with van der Waals surface area (Å²) in [5.74, 6) is -1.57. The van der Waals surface area contributed by atoms with Crippen LogP contribution in [-0.4, -0.2) is 106 Å². The molecule has 6 amide bonds. The average Bonchev–Trinajstić information content (AvgIpc) is 3.96. The first-order valence-electron chi connectivity index (χ1n) is 23.7. The highest BCUT2D eigenvalue weighted by molar-refractivity contribution is 7.13. The minimum Gasteiger partial charge on any atom is -0.487 e. The predicted octanol–water partition coefficient (Wildman–Crippen LogP) is 7.95. The minimum absolute atomic E-state index is 0.0108. The first-order chi connectivity index (χ1) is 33.6. The highest BCUT2D eigenvalue weighted by Crippen LogP contribution is 2.42. The molecule has 2 aromatic heterocycles. The topological polar surface area (TPSA) is 210 Å². The Bertz CT molecular complexity index is 2520. The van der Waals surface area contributed by atoms with Gasteiger partial charge in [-0.15, -0.1) is 11.3 Å². The summed E-state index contributed by atoms with van der Waals surface area (Å²) in [4.78, 5) is 90.2. The molecule has 0 radical (unpaired) electrons. The third-order valence-corrected chi connectivity index (χ3v) is 13.4. The van der Waals surface area contributed by atoms with Crippen LogP contribution in [0.3, 0.4) is 0 Å². The second-order valence-corrected chi connectivity index (χ2v) is 20.0. The lowest BCUT2D eigenvalue weighted by Gasteiger charge is -2.39. The van der Waals surface area contributed by atoms with Gasteiger partial charge in [0, 0.05) is 92.7 Å². The van der Waals surface area contributed by atoms with Crippen LogP contribution in [0.25, 0.3) is 0 Å². The molecule has 1 unspecified atom stereocenters. The smallest absolute Gasteiger partial charge is 0.410 e. The van der Waals surface area contributed by atoms with Crippen LogP contribution in [0.5, 0.6) is 5.75 Å². The van der Waals surface area contributed by atoms with Crippen molar-refractivity contribution >= 4 is 75.2 Å². The number of carbonyl (C=O) groups excluding carboxylic acids is 6. The number of hydrogen-bond donors (Lipinski definition) is 4. The van der Waals surface area contributed by atoms with Crippen LogP contribution in [0.15, 0.2) is 66.2 Å². The third kappa shape index (κ3) is 13.8. The monoisotopic (exact) mass is 1000 g/mol. The predicted molar refractivity (Wildman–Crippen MR) is 261 cm³/mol. The molecule has 4 N–H and O–H groups in total. The summed E-state index contributed by atoms with van der Waals surface area (Å²) in [6, 6.07) is 14.5. The molecule has 70 heavy (non-hydrogen) atoms. The highest BCUT2D eigenvalue weighted by atomic mass is 35.5. The summed E-state index contributed by atoms with van der Waals surface area (Å²) >= 11 is 7.46. The minimum atomic E-state index is -0.786. The van der Waals surface area contributed by atoms with Crippen molar-refractivity contribution in [3.63, 3.8) is 0 Å². The van der Waals surface area contributed by atoms with Gasteiger partial charge in [-0.05, 0) is 109 Å². The molecule has 4 heterocycles. The summed E-state index contributed by atoms with van der Waals surface area (Å²) in [6.45, 7) is 6.96. The van der Waals surface area contributed by atoms with Crippen molar-refractivity contribution in [3.8, 4) is 5.75 Å². The van der Waals surface area contributed by atoms with Crippen LogP contribution in [-0.2, 0) is 41.6 Å². The number of nitrogens with zero attached hydrogens (tertiary/aromatic N) is 4. The molecule has 374 valence electrons. The summed E-state index contributed by atoms with van der Waals surface area (Å²) in [5, 5.41) is 14.1. The summed E-state index contributed by atoms with van der Waals surface area (Å²) < 4.78 is 32.3. The van der Waals surface area contributed by atoms with Gasteiger partial charge in [-0.25, -0.2) is 19.2 Å². The van der Waals surface area contributed by atoms with Gasteiger partial charge in [0.05, 0.1) is 16.5 Å². The number of piperidine rings is 1. The summed E-state index contributed by atoms with van der Waals surface area (Å²) in [5.41, 5.74) is 0.618. The number of anilines is 3. The van der Waals surface area contributed by atoms with E-state index in [1.807, 2.05) is 23.6 Å². The van der Waals surface area contributed by atoms with E-state index in [4.69, 9.17) is 30.8 Å². The largest absolute Gasteiger partial charge is 0.487 e. The van der Waals surface area contributed by atoms with Gasteiger partial charge in [0.2, 0.25) is 23.6 Å². The van der Waals surface area contributed by atoms with Gasteiger partial charge in [0.15, 0.2) is 16.7 Å². The molecular weight excluding hydrogens is 943 g/mol. The van der Waals surface area contributed by atoms with Crippen molar-refractivity contribution in [1.82, 2.24) is 30.4 Å². The van der Waals surface area contributed by atoms with Crippen molar-refractivity contribution in [2.24, 2.45) is 5.41 Å². The molecule has 1 saturated heterocycles. The summed E-state index contributed by atoms with van der Waals surface area (Å²) in [7, 11) is 0. The van der Waals surface area contributed by atoms with Gasteiger partial charge < -0.3 is 40.0 Å². The number of hydrogen-bond acceptors (Lipinski definition) is 13. The Kier molecular flexibility index (Phi) is 17.4. The maximum absolute atomic E-state index is 14.7. The Labute approximate surface area is 415 Å². The molecule has 2 aliphatic heterocycles. The molecule has 0 bridgehead atoms. The maximum Gasteiger partial charge on any atom is 0.410 e. The number of fused-ring (bicyclic) bond motifs is 1. The molecule has 4 aromatic rings. The number of carbonyl (C=O) groups is 6. The van der Waals surface area contributed by atoms with Crippen molar-refractivity contribution in [3.05, 3.63) is 93.8 Å². The molecule has 2 fully saturated rings. The van der Waals surface area contributed by atoms with Crippen LogP contribution in [0.2, 0.25) is 5.02 Å². The number of ether oxygens (including phenoxy) is 3. The number of pyridine rings is 1. The molecule has 20 heteroatoms. The first-order valence-corrected chi connectivity index (χ1v) is 25.0. The zero-order valence-corrected chi connectivity index (χ0v) is 41.2. The zero-order valence-electron chi connectivity index (χ0n) is 39.7. The number of benzene rings is 2. The van der Waals surface area contributed by atoms with Crippen LogP contribution < -0.4 is 26.0 Å². The van der Waals surface area contributed by atoms with Crippen LogP contribution in [0.4, 0.5) is 25.8 Å². The number of amides is 6. The van der Waals surface area contributed by atoms with Crippen molar-refractivity contribution in [2.75, 3.05) is 43.5 Å². The van der Waals surface area contributed by atoms with Gasteiger partial charge in [-0.1, -0.05) is 29.8 Å². The van der Waals surface area contributed by atoms with E-state index in [-0.39, 0.29) is 79.4 Å². The van der Waals surface area contributed by atoms with E-state index in [0.29, 0.717) is 98.9 Å². The van der Waals surface area contributed by atoms with Gasteiger partial charge in [0.25, 0.3) is 5.91 Å². The molecular formula is C50H60ClFN8O9S. The lowest BCUT2D eigenvalue weighted by Crippen LogP contribution is -2.52. The third-order valence-electron chi connectivity index (χ3n) is 12.4. The van der Waals surface area contributed by atoms with E-state index in [1.54, 1.807) is 57.3 Å². The van der Waals surface area contributed by atoms with E-state index < -0.39 is 34.9 Å². The highest BCUT2D eigenvalue weighted by Gasteiger charge is 2.43. The van der Waals surface area contributed by atoms with E-state index in [0.717, 1.165) is 5.69 Å². The van der Waals surface area contributed by atoms with E-state index in [9.17, 15) is 33.2 Å². The fourth-order valence-electron chi connectivity index (χ4n) is 8.84. The van der Waals surface area contributed by atoms with E-state index in [1.165, 1.54) is 27.2 Å². The SMILES string of the molecule is CC(C)(C)OC(=O)N(CCCOCCCCNC(=O)[C@]1(Cc2cccc(Nc3nccs3)n2)CC[C@@H](Oc2cccc(Cl)c2F)CC1)CCC(=O)Nc1cccc2c1CN(C1CCC(=O)NC1=O)C2=O.